The average Bonchev–Trinajstić information content (AvgIpc) is 2.34. The fraction of sp³-hybridized carbons (Fsp3) is 0.571. The van der Waals surface area contributed by atoms with E-state index in [0.717, 1.165) is 12.3 Å². The molecule has 5 nitrogen and oxygen atoms in total. The van der Waals surface area contributed by atoms with Gasteiger partial charge in [0.25, 0.3) is 0 Å². The first kappa shape index (κ1) is 16.4. The van der Waals surface area contributed by atoms with Gasteiger partial charge in [-0.3, -0.25) is 4.90 Å². The Bertz CT molecular complexity index is 456. The van der Waals surface area contributed by atoms with Crippen LogP contribution in [0.5, 0.6) is 5.88 Å². The molecule has 0 saturated carbocycles. The van der Waals surface area contributed by atoms with Gasteiger partial charge >= 0.3 is 5.97 Å². The molecule has 0 unspecified atom stereocenters. The molecule has 0 radical (unpaired) electrons. The lowest BCUT2D eigenvalue weighted by molar-refractivity contribution is 0.0688. The fourth-order valence-electron chi connectivity index (χ4n) is 2.06. The van der Waals surface area contributed by atoms with Gasteiger partial charge in [-0.1, -0.05) is 0 Å². The number of carboxylic acids is 1. The Labute approximate surface area is 118 Å². The summed E-state index contributed by atoms with van der Waals surface area (Å²) in [6.07, 6.45) is 0.949. The van der Waals surface area contributed by atoms with Crippen LogP contribution in [0.15, 0.2) is 12.3 Å². The maximum absolute atomic E-state index is 13.0. The molecule has 0 spiro atoms. The quantitative estimate of drug-likeness (QED) is 0.833. The highest BCUT2D eigenvalue weighted by Gasteiger charge is 2.16. The van der Waals surface area contributed by atoms with Gasteiger partial charge in [-0.05, 0) is 33.8 Å². The van der Waals surface area contributed by atoms with Crippen molar-refractivity contribution in [3.05, 3.63) is 23.6 Å². The molecular formula is C14H21FN2O3. The van der Waals surface area contributed by atoms with Gasteiger partial charge in [0.05, 0.1) is 6.20 Å². The summed E-state index contributed by atoms with van der Waals surface area (Å²) in [7, 11) is 0. The van der Waals surface area contributed by atoms with Crippen molar-refractivity contribution in [2.24, 2.45) is 0 Å². The van der Waals surface area contributed by atoms with Crippen LogP contribution in [-0.2, 0) is 0 Å². The lowest BCUT2D eigenvalue weighted by atomic mass is 10.2. The third-order valence-electron chi connectivity index (χ3n) is 2.96. The molecule has 112 valence electrons. The van der Waals surface area contributed by atoms with Crippen LogP contribution in [-0.4, -0.2) is 46.2 Å². The summed E-state index contributed by atoms with van der Waals surface area (Å²) in [5.74, 6) is -2.00. The van der Waals surface area contributed by atoms with Crippen molar-refractivity contribution in [2.75, 3.05) is 13.2 Å². The molecule has 1 N–H and O–H groups in total. The van der Waals surface area contributed by atoms with E-state index >= 15 is 0 Å². The lowest BCUT2D eigenvalue weighted by Crippen LogP contribution is -2.39. The van der Waals surface area contributed by atoms with Crippen LogP contribution >= 0.6 is 0 Å². The molecule has 0 aliphatic carbocycles. The minimum absolute atomic E-state index is 0.0497. The second-order valence-electron chi connectivity index (χ2n) is 5.09. The van der Waals surface area contributed by atoms with Gasteiger partial charge in [-0.2, -0.15) is 0 Å². The number of pyridine rings is 1. The van der Waals surface area contributed by atoms with E-state index in [-0.39, 0.29) is 11.4 Å². The summed E-state index contributed by atoms with van der Waals surface area (Å²) in [6.45, 7) is 9.28. The normalized spacial score (nSPS) is 11.4. The average molecular weight is 284 g/mol. The SMILES string of the molecule is CC(C)N(CCOc1ncc(F)cc1C(=O)O)C(C)C. The van der Waals surface area contributed by atoms with E-state index < -0.39 is 11.8 Å². The Balaban J connectivity index is 2.68. The molecule has 1 heterocycles. The molecule has 0 aromatic carbocycles. The second kappa shape index (κ2) is 7.19. The van der Waals surface area contributed by atoms with Crippen LogP contribution < -0.4 is 4.74 Å². The zero-order valence-corrected chi connectivity index (χ0v) is 12.3. The molecule has 1 aromatic rings. The Morgan fingerprint density at radius 3 is 2.50 bits per heavy atom. The van der Waals surface area contributed by atoms with Crippen molar-refractivity contribution in [1.29, 1.82) is 0 Å². The number of rotatable bonds is 7. The van der Waals surface area contributed by atoms with Crippen molar-refractivity contribution in [3.63, 3.8) is 0 Å². The van der Waals surface area contributed by atoms with Crippen molar-refractivity contribution in [3.8, 4) is 5.88 Å². The van der Waals surface area contributed by atoms with Crippen molar-refractivity contribution < 1.29 is 19.0 Å². The maximum atomic E-state index is 13.0. The number of carbonyl (C=O) groups is 1. The molecular weight excluding hydrogens is 263 g/mol. The first-order chi connectivity index (χ1) is 9.32. The molecule has 0 saturated heterocycles. The molecule has 0 atom stereocenters. The minimum atomic E-state index is -1.25. The Kier molecular flexibility index (Phi) is 5.88. The van der Waals surface area contributed by atoms with Crippen molar-refractivity contribution in [2.45, 2.75) is 39.8 Å². The zero-order valence-electron chi connectivity index (χ0n) is 12.3. The van der Waals surface area contributed by atoms with Gasteiger partial charge in [0.15, 0.2) is 0 Å². The molecule has 6 heteroatoms. The molecule has 0 aliphatic rings. The van der Waals surface area contributed by atoms with Crippen molar-refractivity contribution in [1.82, 2.24) is 9.88 Å². The minimum Gasteiger partial charge on any atom is -0.477 e. The Morgan fingerprint density at radius 1 is 1.40 bits per heavy atom. The number of hydrogen-bond donors (Lipinski definition) is 1. The Hall–Kier alpha value is -1.69. The van der Waals surface area contributed by atoms with Crippen LogP contribution in [0.1, 0.15) is 38.1 Å². The number of nitrogens with zero attached hydrogens (tertiary/aromatic N) is 2. The van der Waals surface area contributed by atoms with E-state index in [9.17, 15) is 9.18 Å². The first-order valence-electron chi connectivity index (χ1n) is 6.60. The summed E-state index contributed by atoms with van der Waals surface area (Å²) in [5, 5.41) is 8.98. The molecule has 0 amide bonds. The van der Waals surface area contributed by atoms with E-state index in [4.69, 9.17) is 9.84 Å². The summed E-state index contributed by atoms with van der Waals surface area (Å²) < 4.78 is 18.4. The molecule has 0 aliphatic heterocycles. The number of carboxylic acid groups (broad SMARTS) is 1. The number of hydrogen-bond acceptors (Lipinski definition) is 4. The Morgan fingerprint density at radius 2 is 2.00 bits per heavy atom. The topological polar surface area (TPSA) is 62.7 Å². The van der Waals surface area contributed by atoms with Gasteiger partial charge in [-0.15, -0.1) is 0 Å². The summed E-state index contributed by atoms with van der Waals surface area (Å²) >= 11 is 0. The highest BCUT2D eigenvalue weighted by molar-refractivity contribution is 5.90. The summed E-state index contributed by atoms with van der Waals surface area (Å²) in [6, 6.07) is 1.63. The van der Waals surface area contributed by atoms with Gasteiger partial charge < -0.3 is 9.84 Å². The third-order valence-corrected chi connectivity index (χ3v) is 2.96. The van der Waals surface area contributed by atoms with E-state index in [1.54, 1.807) is 0 Å². The molecule has 1 rings (SSSR count). The lowest BCUT2D eigenvalue weighted by Gasteiger charge is -2.30. The highest BCUT2D eigenvalue weighted by atomic mass is 19.1. The van der Waals surface area contributed by atoms with Gasteiger partial charge in [0.1, 0.15) is 18.0 Å². The van der Waals surface area contributed by atoms with E-state index in [1.165, 1.54) is 0 Å². The van der Waals surface area contributed by atoms with Gasteiger partial charge in [-0.25, -0.2) is 14.2 Å². The smallest absolute Gasteiger partial charge is 0.341 e. The number of aromatic nitrogens is 1. The van der Waals surface area contributed by atoms with Crippen LogP contribution in [0.25, 0.3) is 0 Å². The van der Waals surface area contributed by atoms with E-state index in [2.05, 4.69) is 37.6 Å². The monoisotopic (exact) mass is 284 g/mol. The standard InChI is InChI=1S/C14H21FN2O3/c1-9(2)17(10(3)4)5-6-20-13-12(14(18)19)7-11(15)8-16-13/h7-10H,5-6H2,1-4H3,(H,18,19). The number of aromatic carboxylic acids is 1. The van der Waals surface area contributed by atoms with E-state index in [0.29, 0.717) is 25.2 Å². The van der Waals surface area contributed by atoms with Crippen LogP contribution in [0.2, 0.25) is 0 Å². The first-order valence-corrected chi connectivity index (χ1v) is 6.60. The summed E-state index contributed by atoms with van der Waals surface area (Å²) in [5.41, 5.74) is -0.259. The molecule has 20 heavy (non-hydrogen) atoms. The molecule has 1 aromatic heterocycles. The van der Waals surface area contributed by atoms with Crippen LogP contribution in [0, 0.1) is 5.82 Å². The van der Waals surface area contributed by atoms with Crippen LogP contribution in [0.4, 0.5) is 4.39 Å². The second-order valence-corrected chi connectivity index (χ2v) is 5.09. The summed E-state index contributed by atoms with van der Waals surface area (Å²) in [4.78, 5) is 16.9. The van der Waals surface area contributed by atoms with Crippen LogP contribution in [0.3, 0.4) is 0 Å². The predicted molar refractivity (Wildman–Crippen MR) is 73.6 cm³/mol. The zero-order chi connectivity index (χ0) is 15.3. The molecule has 0 bridgehead atoms. The number of halogens is 1. The number of ether oxygens (including phenoxy) is 1. The maximum Gasteiger partial charge on any atom is 0.341 e. The largest absolute Gasteiger partial charge is 0.477 e. The van der Waals surface area contributed by atoms with Gasteiger partial charge in [0.2, 0.25) is 5.88 Å². The van der Waals surface area contributed by atoms with Crippen molar-refractivity contribution >= 4 is 5.97 Å². The predicted octanol–water partition coefficient (Wildman–Crippen LogP) is 2.42. The molecule has 0 fully saturated rings. The highest BCUT2D eigenvalue weighted by Crippen LogP contribution is 2.16. The van der Waals surface area contributed by atoms with Gasteiger partial charge in [0, 0.05) is 18.6 Å². The third kappa shape index (κ3) is 4.45. The van der Waals surface area contributed by atoms with E-state index in [1.807, 2.05) is 0 Å². The fourth-order valence-corrected chi connectivity index (χ4v) is 2.06.